The van der Waals surface area contributed by atoms with E-state index in [0.717, 1.165) is 0 Å². The van der Waals surface area contributed by atoms with Crippen molar-refractivity contribution in [2.24, 2.45) is 10.7 Å². The summed E-state index contributed by atoms with van der Waals surface area (Å²) in [5.74, 6) is -0.184. The first kappa shape index (κ1) is 18.6. The topological polar surface area (TPSA) is 98.8 Å². The average Bonchev–Trinajstić information content (AvgIpc) is 2.64. The summed E-state index contributed by atoms with van der Waals surface area (Å²) in [5, 5.41) is 2.78. The molecule has 1 amide bonds. The summed E-state index contributed by atoms with van der Waals surface area (Å²) in [6, 6.07) is 4.46. The molecule has 142 valence electrons. The van der Waals surface area contributed by atoms with E-state index in [2.05, 4.69) is 15.3 Å². The minimum atomic E-state index is -0.449. The zero-order valence-electron chi connectivity index (χ0n) is 15.4. The lowest BCUT2D eigenvalue weighted by molar-refractivity contribution is 0.102. The minimum Gasteiger partial charge on any atom is -0.495 e. The third kappa shape index (κ3) is 3.99. The Morgan fingerprint density at radius 1 is 1.33 bits per heavy atom. The highest BCUT2D eigenvalue weighted by Crippen LogP contribution is 2.31. The van der Waals surface area contributed by atoms with Crippen LogP contribution in [0.4, 0.5) is 10.1 Å². The molecule has 0 aliphatic carbocycles. The molecule has 2 aromatic rings. The number of halogens is 1. The first-order chi connectivity index (χ1) is 12.9. The number of aliphatic imine (C=N–C) groups is 1. The van der Waals surface area contributed by atoms with Crippen LogP contribution in [0.5, 0.6) is 5.75 Å². The highest BCUT2D eigenvalue weighted by Gasteiger charge is 2.22. The van der Waals surface area contributed by atoms with Crippen molar-refractivity contribution >= 4 is 17.6 Å². The first-order valence-electron chi connectivity index (χ1n) is 8.47. The molecule has 8 heteroatoms. The average molecular weight is 372 g/mol. The number of hydrogen-bond donors (Lipinski definition) is 2. The molecule has 0 radical (unpaired) electrons. The summed E-state index contributed by atoms with van der Waals surface area (Å²) in [5.41, 5.74) is 7.79. The van der Waals surface area contributed by atoms with Crippen LogP contribution >= 0.6 is 0 Å². The summed E-state index contributed by atoms with van der Waals surface area (Å²) in [7, 11) is 1.53. The lowest BCUT2D eigenvalue weighted by Crippen LogP contribution is -2.24. The normalized spacial score (nSPS) is 16.3. The molecule has 3 rings (SSSR count). The molecule has 1 aromatic heterocycles. The minimum absolute atomic E-state index is 0.0378. The summed E-state index contributed by atoms with van der Waals surface area (Å²) < 4.78 is 24.8. The second-order valence-electron chi connectivity index (χ2n) is 6.31. The van der Waals surface area contributed by atoms with Crippen LogP contribution in [0.3, 0.4) is 0 Å². The standard InChI is InChI=1S/C19H21FN4O3/c1-10-6-12(8-14(16(10)20)15-4-5-27-19(21)24-15)23-18(25)17-11(2)7-13(26-3)9-22-17/h6-9,15H,4-5H2,1-3H3,(H2,21,24)(H,23,25). The monoisotopic (exact) mass is 372 g/mol. The van der Waals surface area contributed by atoms with Gasteiger partial charge < -0.3 is 20.5 Å². The fourth-order valence-electron chi connectivity index (χ4n) is 2.96. The molecule has 0 bridgehead atoms. The molecule has 1 aromatic carbocycles. The number of ether oxygens (including phenoxy) is 2. The zero-order valence-corrected chi connectivity index (χ0v) is 15.4. The number of hydrogen-bond acceptors (Lipinski definition) is 6. The number of nitrogens with two attached hydrogens (primary N) is 1. The lowest BCUT2D eigenvalue weighted by atomic mass is 9.99. The van der Waals surface area contributed by atoms with Gasteiger partial charge in [-0.25, -0.2) is 14.4 Å². The summed E-state index contributed by atoms with van der Waals surface area (Å²) in [6.45, 7) is 3.77. The van der Waals surface area contributed by atoms with Crippen molar-refractivity contribution in [2.45, 2.75) is 26.3 Å². The SMILES string of the molecule is COc1cnc(C(=O)Nc2cc(C)c(F)c(C3CCOC(N)=N3)c2)c(C)c1. The van der Waals surface area contributed by atoms with E-state index in [4.69, 9.17) is 15.2 Å². The van der Waals surface area contributed by atoms with Gasteiger partial charge in [-0.2, -0.15) is 0 Å². The molecule has 2 heterocycles. The van der Waals surface area contributed by atoms with E-state index in [1.807, 2.05) is 0 Å². The quantitative estimate of drug-likeness (QED) is 0.860. The Balaban J connectivity index is 1.89. The number of carbonyl (C=O) groups is 1. The summed E-state index contributed by atoms with van der Waals surface area (Å²) in [6.07, 6.45) is 1.98. The largest absolute Gasteiger partial charge is 0.495 e. The van der Waals surface area contributed by atoms with Gasteiger partial charge in [0.15, 0.2) is 0 Å². The van der Waals surface area contributed by atoms with Crippen LogP contribution in [0, 0.1) is 19.7 Å². The van der Waals surface area contributed by atoms with E-state index in [1.54, 1.807) is 32.0 Å². The maximum atomic E-state index is 14.6. The van der Waals surface area contributed by atoms with Gasteiger partial charge >= 0.3 is 0 Å². The number of rotatable bonds is 4. The van der Waals surface area contributed by atoms with Crippen molar-refractivity contribution in [1.82, 2.24) is 4.98 Å². The first-order valence-corrected chi connectivity index (χ1v) is 8.47. The Kier molecular flexibility index (Phi) is 5.25. The van der Waals surface area contributed by atoms with Crippen LogP contribution in [0.1, 0.15) is 39.6 Å². The van der Waals surface area contributed by atoms with Crippen molar-refractivity contribution in [1.29, 1.82) is 0 Å². The molecular weight excluding hydrogens is 351 g/mol. The van der Waals surface area contributed by atoms with Crippen LogP contribution < -0.4 is 15.8 Å². The molecule has 1 aliphatic rings. The van der Waals surface area contributed by atoms with Crippen LogP contribution in [0.25, 0.3) is 0 Å². The molecule has 1 unspecified atom stereocenters. The lowest BCUT2D eigenvalue weighted by Gasteiger charge is -2.21. The number of methoxy groups -OCH3 is 1. The van der Waals surface area contributed by atoms with Crippen molar-refractivity contribution in [3.8, 4) is 5.75 Å². The number of amides is 1. The third-order valence-electron chi connectivity index (χ3n) is 4.33. The maximum Gasteiger partial charge on any atom is 0.282 e. The Bertz CT molecular complexity index is 914. The maximum absolute atomic E-state index is 14.6. The molecule has 7 nitrogen and oxygen atoms in total. The predicted molar refractivity (Wildman–Crippen MR) is 99.5 cm³/mol. The number of aryl methyl sites for hydroxylation is 2. The molecule has 0 fully saturated rings. The van der Waals surface area contributed by atoms with Gasteiger partial charge in [0.25, 0.3) is 11.9 Å². The number of nitrogens with zero attached hydrogens (tertiary/aromatic N) is 2. The summed E-state index contributed by atoms with van der Waals surface area (Å²) >= 11 is 0. The van der Waals surface area contributed by atoms with Crippen molar-refractivity contribution in [2.75, 3.05) is 19.0 Å². The molecule has 0 spiro atoms. The number of pyridine rings is 1. The van der Waals surface area contributed by atoms with Crippen LogP contribution in [0.2, 0.25) is 0 Å². The molecule has 0 saturated heterocycles. The Morgan fingerprint density at radius 3 is 2.78 bits per heavy atom. The van der Waals surface area contributed by atoms with E-state index >= 15 is 0 Å². The van der Waals surface area contributed by atoms with E-state index in [0.29, 0.717) is 41.2 Å². The van der Waals surface area contributed by atoms with Gasteiger partial charge in [-0.3, -0.25) is 4.79 Å². The van der Waals surface area contributed by atoms with Crippen molar-refractivity contribution in [3.05, 3.63) is 52.6 Å². The molecule has 0 saturated carbocycles. The molecule has 3 N–H and O–H groups in total. The van der Waals surface area contributed by atoms with E-state index in [1.165, 1.54) is 13.3 Å². The number of carbonyl (C=O) groups excluding carboxylic acids is 1. The molecule has 1 atom stereocenters. The Morgan fingerprint density at radius 2 is 2.11 bits per heavy atom. The van der Waals surface area contributed by atoms with Crippen molar-refractivity contribution in [3.63, 3.8) is 0 Å². The summed E-state index contributed by atoms with van der Waals surface area (Å²) in [4.78, 5) is 20.9. The fourth-order valence-corrected chi connectivity index (χ4v) is 2.96. The van der Waals surface area contributed by atoms with E-state index < -0.39 is 6.04 Å². The van der Waals surface area contributed by atoms with Gasteiger partial charge in [-0.05, 0) is 43.2 Å². The van der Waals surface area contributed by atoms with E-state index in [-0.39, 0.29) is 23.4 Å². The second kappa shape index (κ2) is 7.61. The molecule has 27 heavy (non-hydrogen) atoms. The second-order valence-corrected chi connectivity index (χ2v) is 6.31. The number of amidine groups is 1. The smallest absolute Gasteiger partial charge is 0.282 e. The number of benzene rings is 1. The van der Waals surface area contributed by atoms with Gasteiger partial charge in [-0.15, -0.1) is 0 Å². The Labute approximate surface area is 156 Å². The number of anilines is 1. The Hall–Kier alpha value is -3.16. The number of nitrogens with one attached hydrogen (secondary N) is 1. The zero-order chi connectivity index (χ0) is 19.6. The molecule has 1 aliphatic heterocycles. The fraction of sp³-hybridized carbons (Fsp3) is 0.316. The predicted octanol–water partition coefficient (Wildman–Crippen LogP) is 2.87. The van der Waals surface area contributed by atoms with Gasteiger partial charge in [-0.1, -0.05) is 0 Å². The van der Waals surface area contributed by atoms with Crippen LogP contribution in [-0.2, 0) is 4.74 Å². The van der Waals surface area contributed by atoms with E-state index in [9.17, 15) is 9.18 Å². The van der Waals surface area contributed by atoms with Crippen LogP contribution in [-0.4, -0.2) is 30.6 Å². The van der Waals surface area contributed by atoms with Gasteiger partial charge in [0.05, 0.1) is 26.0 Å². The van der Waals surface area contributed by atoms with Crippen LogP contribution in [0.15, 0.2) is 29.4 Å². The highest BCUT2D eigenvalue weighted by atomic mass is 19.1. The van der Waals surface area contributed by atoms with Gasteiger partial charge in [0.2, 0.25) is 0 Å². The van der Waals surface area contributed by atoms with Gasteiger partial charge in [0, 0.05) is 17.7 Å². The highest BCUT2D eigenvalue weighted by molar-refractivity contribution is 6.04. The van der Waals surface area contributed by atoms with Gasteiger partial charge in [0.1, 0.15) is 17.3 Å². The molecular formula is C19H21FN4O3. The third-order valence-corrected chi connectivity index (χ3v) is 4.33. The van der Waals surface area contributed by atoms with Crippen molar-refractivity contribution < 1.29 is 18.7 Å². The number of aromatic nitrogens is 1.